The van der Waals surface area contributed by atoms with Gasteiger partial charge in [-0.2, -0.15) is 0 Å². The number of nitrogens with one attached hydrogen (secondary N) is 1. The van der Waals surface area contributed by atoms with Gasteiger partial charge >= 0.3 is 12.1 Å². The summed E-state index contributed by atoms with van der Waals surface area (Å²) >= 11 is 11.4. The van der Waals surface area contributed by atoms with Crippen molar-refractivity contribution in [3.63, 3.8) is 0 Å². The number of sulfonamides is 1. The van der Waals surface area contributed by atoms with Crippen molar-refractivity contribution in [3.05, 3.63) is 27.7 Å². The predicted molar refractivity (Wildman–Crippen MR) is 74.1 cm³/mol. The normalized spacial score (nSPS) is 11.1. The van der Waals surface area contributed by atoms with Gasteiger partial charge in [-0.05, 0) is 12.1 Å². The van der Waals surface area contributed by atoms with Gasteiger partial charge in [0.2, 0.25) is 10.0 Å². The van der Waals surface area contributed by atoms with Crippen molar-refractivity contribution in [2.45, 2.75) is 4.90 Å². The second-order valence-electron chi connectivity index (χ2n) is 3.64. The van der Waals surface area contributed by atoms with E-state index in [4.69, 9.17) is 34.0 Å². The number of primary amides is 1. The summed E-state index contributed by atoms with van der Waals surface area (Å²) in [5.74, 6) is -1.42. The van der Waals surface area contributed by atoms with Crippen LogP contribution in [0.5, 0.6) is 0 Å². The number of ether oxygens (including phenoxy) is 1. The van der Waals surface area contributed by atoms with Crippen LogP contribution < -0.4 is 10.5 Å². The molecule has 0 saturated carbocycles. The highest BCUT2D eigenvalue weighted by atomic mass is 35.5. The molecule has 0 unspecified atom stereocenters. The van der Waals surface area contributed by atoms with E-state index in [0.717, 1.165) is 12.1 Å². The molecule has 0 spiro atoms. The maximum Gasteiger partial charge on any atom is 0.404 e. The first kappa shape index (κ1) is 17.5. The fraction of sp³-hybridized carbons (Fsp3) is 0.200. The Bertz CT molecular complexity index is 676. The third-order valence-corrected chi connectivity index (χ3v) is 4.39. The smallest absolute Gasteiger partial charge is 0.404 e. The van der Waals surface area contributed by atoms with Gasteiger partial charge in [-0.25, -0.2) is 22.7 Å². The van der Waals surface area contributed by atoms with Gasteiger partial charge in [0.15, 0.2) is 0 Å². The molecular weight excluding hydrogens is 347 g/mol. The van der Waals surface area contributed by atoms with E-state index in [1.807, 2.05) is 0 Å². The van der Waals surface area contributed by atoms with E-state index in [-0.39, 0.29) is 18.2 Å². The molecule has 116 valence electrons. The number of benzene rings is 1. The summed E-state index contributed by atoms with van der Waals surface area (Å²) in [6.45, 7) is -0.560. The zero-order chi connectivity index (χ0) is 16.2. The highest BCUT2D eigenvalue weighted by molar-refractivity contribution is 7.89. The number of hydrogen-bond acceptors (Lipinski definition) is 5. The van der Waals surface area contributed by atoms with Crippen molar-refractivity contribution in [3.8, 4) is 0 Å². The van der Waals surface area contributed by atoms with Crippen LogP contribution >= 0.6 is 23.2 Å². The van der Waals surface area contributed by atoms with Gasteiger partial charge in [0, 0.05) is 11.6 Å². The first-order chi connectivity index (χ1) is 9.65. The van der Waals surface area contributed by atoms with E-state index in [0.29, 0.717) is 0 Å². The topological polar surface area (TPSA) is 136 Å². The molecule has 0 aliphatic carbocycles. The van der Waals surface area contributed by atoms with Crippen molar-refractivity contribution in [2.75, 3.05) is 13.2 Å². The molecule has 1 aromatic rings. The quantitative estimate of drug-likeness (QED) is 0.652. The number of nitrogens with two attached hydrogens (primary N) is 1. The minimum atomic E-state index is -4.13. The third kappa shape index (κ3) is 4.74. The van der Waals surface area contributed by atoms with Crippen molar-refractivity contribution in [1.82, 2.24) is 4.72 Å². The lowest BCUT2D eigenvalue weighted by molar-refractivity contribution is 0.0696. The number of carboxylic acids is 1. The third-order valence-electron chi connectivity index (χ3n) is 2.16. The van der Waals surface area contributed by atoms with E-state index < -0.39 is 37.6 Å². The fourth-order valence-electron chi connectivity index (χ4n) is 1.32. The monoisotopic (exact) mass is 356 g/mol. The summed E-state index contributed by atoms with van der Waals surface area (Å²) in [6, 6.07) is 2.04. The summed E-state index contributed by atoms with van der Waals surface area (Å²) in [5.41, 5.74) is 4.26. The number of amides is 1. The Balaban J connectivity index is 3.03. The van der Waals surface area contributed by atoms with Crippen LogP contribution in [0.15, 0.2) is 17.0 Å². The van der Waals surface area contributed by atoms with Crippen LogP contribution in [0.25, 0.3) is 0 Å². The average Bonchev–Trinajstić information content (AvgIpc) is 2.36. The summed E-state index contributed by atoms with van der Waals surface area (Å²) in [6.07, 6.45) is -1.05. The fourth-order valence-corrected chi connectivity index (χ4v) is 3.23. The number of halogens is 2. The molecule has 11 heteroatoms. The molecule has 4 N–H and O–H groups in total. The van der Waals surface area contributed by atoms with Crippen molar-refractivity contribution in [2.24, 2.45) is 5.73 Å². The molecule has 8 nitrogen and oxygen atoms in total. The van der Waals surface area contributed by atoms with Gasteiger partial charge in [0.05, 0.1) is 10.6 Å². The van der Waals surface area contributed by atoms with Crippen LogP contribution in [0.2, 0.25) is 10.0 Å². The van der Waals surface area contributed by atoms with Crippen LogP contribution in [0.1, 0.15) is 10.4 Å². The average molecular weight is 357 g/mol. The van der Waals surface area contributed by atoms with Crippen LogP contribution in [0, 0.1) is 0 Å². The summed E-state index contributed by atoms with van der Waals surface area (Å²) < 4.78 is 30.4. The Hall–Kier alpha value is -1.55. The van der Waals surface area contributed by atoms with Crippen molar-refractivity contribution in [1.29, 1.82) is 0 Å². The van der Waals surface area contributed by atoms with Gasteiger partial charge in [-0.3, -0.25) is 0 Å². The summed E-state index contributed by atoms with van der Waals surface area (Å²) in [7, 11) is -4.13. The summed E-state index contributed by atoms with van der Waals surface area (Å²) in [4.78, 5) is 20.8. The van der Waals surface area contributed by atoms with Crippen molar-refractivity contribution < 1.29 is 27.9 Å². The van der Waals surface area contributed by atoms with Gasteiger partial charge in [-0.1, -0.05) is 23.2 Å². The molecule has 0 saturated heterocycles. The van der Waals surface area contributed by atoms with E-state index >= 15 is 0 Å². The number of carboxylic acid groups (broad SMARTS) is 1. The standard InChI is InChI=1S/C10H10Cl2N2O6S/c11-5-3-6(9(15)16)8(12)7(4-5)21(18,19)14-1-2-20-10(13)17/h3-4,14H,1-2H2,(H2,13,17)(H,15,16). The second kappa shape index (κ2) is 6.94. The Morgan fingerprint density at radius 2 is 1.95 bits per heavy atom. The molecule has 21 heavy (non-hydrogen) atoms. The molecule has 0 atom stereocenters. The Labute approximate surface area is 129 Å². The SMILES string of the molecule is NC(=O)OCCNS(=O)(=O)c1cc(Cl)cc(C(=O)O)c1Cl. The first-order valence-corrected chi connectivity index (χ1v) is 7.53. The minimum Gasteiger partial charge on any atom is -0.478 e. The zero-order valence-electron chi connectivity index (χ0n) is 10.3. The van der Waals surface area contributed by atoms with Gasteiger partial charge in [0.1, 0.15) is 11.5 Å². The largest absolute Gasteiger partial charge is 0.478 e. The molecule has 0 aromatic heterocycles. The van der Waals surface area contributed by atoms with Crippen LogP contribution in [-0.4, -0.2) is 38.7 Å². The zero-order valence-corrected chi connectivity index (χ0v) is 12.6. The molecule has 0 bridgehead atoms. The predicted octanol–water partition coefficient (Wildman–Crippen LogP) is 1.07. The van der Waals surface area contributed by atoms with Crippen LogP contribution in [-0.2, 0) is 14.8 Å². The number of aromatic carboxylic acids is 1. The Kier molecular flexibility index (Phi) is 5.78. The molecule has 0 aliphatic rings. The van der Waals surface area contributed by atoms with Crippen LogP contribution in [0.4, 0.5) is 4.79 Å². The van der Waals surface area contributed by atoms with Gasteiger partial charge in [-0.15, -0.1) is 0 Å². The van der Waals surface area contributed by atoms with E-state index in [2.05, 4.69) is 9.46 Å². The molecule has 0 heterocycles. The minimum absolute atomic E-state index is 0.106. The Morgan fingerprint density at radius 3 is 2.48 bits per heavy atom. The van der Waals surface area contributed by atoms with Gasteiger partial charge < -0.3 is 15.6 Å². The highest BCUT2D eigenvalue weighted by Gasteiger charge is 2.23. The lowest BCUT2D eigenvalue weighted by atomic mass is 10.2. The maximum absolute atomic E-state index is 12.0. The summed E-state index contributed by atoms with van der Waals surface area (Å²) in [5, 5.41) is 8.34. The lowest BCUT2D eigenvalue weighted by Gasteiger charge is -2.10. The molecule has 1 rings (SSSR count). The molecule has 0 radical (unpaired) electrons. The molecular formula is C10H10Cl2N2O6S. The number of carbonyl (C=O) groups excluding carboxylic acids is 1. The van der Waals surface area contributed by atoms with E-state index in [1.165, 1.54) is 0 Å². The molecule has 1 amide bonds. The Morgan fingerprint density at radius 1 is 1.33 bits per heavy atom. The second-order valence-corrected chi connectivity index (χ2v) is 6.19. The van der Waals surface area contributed by atoms with Crippen LogP contribution in [0.3, 0.4) is 0 Å². The molecule has 0 aliphatic heterocycles. The van der Waals surface area contributed by atoms with Gasteiger partial charge in [0.25, 0.3) is 0 Å². The number of hydrogen-bond donors (Lipinski definition) is 3. The molecule has 1 aromatic carbocycles. The van der Waals surface area contributed by atoms with E-state index in [1.54, 1.807) is 0 Å². The lowest BCUT2D eigenvalue weighted by Crippen LogP contribution is -2.29. The van der Waals surface area contributed by atoms with Crippen molar-refractivity contribution >= 4 is 45.3 Å². The van der Waals surface area contributed by atoms with E-state index in [9.17, 15) is 18.0 Å². The molecule has 0 fully saturated rings. The highest BCUT2D eigenvalue weighted by Crippen LogP contribution is 2.29. The maximum atomic E-state index is 12.0. The number of rotatable bonds is 6. The first-order valence-electron chi connectivity index (χ1n) is 5.29. The number of carbonyl (C=O) groups is 2.